The Labute approximate surface area is 94.4 Å². The molecule has 0 radical (unpaired) electrons. The number of ether oxygens (including phenoxy) is 1. The first-order valence-corrected chi connectivity index (χ1v) is 5.07. The minimum absolute atomic E-state index is 0.222. The van der Waals surface area contributed by atoms with E-state index in [1.807, 2.05) is 20.8 Å². The molecule has 3 nitrogen and oxygen atoms in total. The molecule has 0 aromatic carbocycles. The van der Waals surface area contributed by atoms with E-state index in [0.29, 0.717) is 5.15 Å². The molecule has 0 aliphatic rings. The number of hydrogen-bond acceptors (Lipinski definition) is 3. The lowest BCUT2D eigenvalue weighted by Gasteiger charge is -2.19. The molecule has 0 saturated carbocycles. The average Bonchev–Trinajstić information content (AvgIpc) is 1.99. The summed E-state index contributed by atoms with van der Waals surface area (Å²) in [7, 11) is 0. The lowest BCUT2D eigenvalue weighted by molar-refractivity contribution is -0.153. The fraction of sp³-hybridized carbons (Fsp3) is 0.455. The van der Waals surface area contributed by atoms with Crippen LogP contribution in [0.15, 0.2) is 18.3 Å². The van der Waals surface area contributed by atoms with E-state index in [1.165, 1.54) is 0 Å². The molecule has 1 heterocycles. The number of rotatable bonds is 2. The highest BCUT2D eigenvalue weighted by Gasteiger charge is 2.16. The average molecular weight is 228 g/mol. The Balaban J connectivity index is 2.59. The predicted octanol–water partition coefficient (Wildman–Crippen LogP) is 2.62. The topological polar surface area (TPSA) is 39.2 Å². The first-order valence-electron chi connectivity index (χ1n) is 4.69. The summed E-state index contributed by atoms with van der Waals surface area (Å²) < 4.78 is 5.18. The van der Waals surface area contributed by atoms with Gasteiger partial charge in [-0.15, -0.1) is 0 Å². The van der Waals surface area contributed by atoms with Gasteiger partial charge in [-0.05, 0) is 38.5 Å². The zero-order valence-electron chi connectivity index (χ0n) is 9.08. The Bertz CT molecular complexity index is 358. The summed E-state index contributed by atoms with van der Waals surface area (Å²) in [5.41, 5.74) is 0.359. The third kappa shape index (κ3) is 4.79. The zero-order valence-corrected chi connectivity index (χ0v) is 9.84. The third-order valence-electron chi connectivity index (χ3n) is 1.56. The van der Waals surface area contributed by atoms with Crippen LogP contribution in [0.1, 0.15) is 26.3 Å². The minimum atomic E-state index is -0.450. The van der Waals surface area contributed by atoms with Crippen LogP contribution >= 0.6 is 11.6 Å². The second-order valence-electron chi connectivity index (χ2n) is 4.25. The molecule has 0 spiro atoms. The van der Waals surface area contributed by atoms with Crippen molar-refractivity contribution < 1.29 is 9.53 Å². The lowest BCUT2D eigenvalue weighted by Crippen LogP contribution is -2.24. The van der Waals surface area contributed by atoms with Crippen molar-refractivity contribution in [2.45, 2.75) is 32.8 Å². The zero-order chi connectivity index (χ0) is 11.5. The number of esters is 1. The van der Waals surface area contributed by atoms with Gasteiger partial charge in [-0.25, -0.2) is 4.98 Å². The van der Waals surface area contributed by atoms with Gasteiger partial charge in [-0.3, -0.25) is 4.79 Å². The molecule has 0 atom stereocenters. The van der Waals surface area contributed by atoms with Crippen LogP contribution in [-0.4, -0.2) is 16.6 Å². The van der Waals surface area contributed by atoms with Gasteiger partial charge in [0.05, 0.1) is 6.42 Å². The van der Waals surface area contributed by atoms with E-state index >= 15 is 0 Å². The van der Waals surface area contributed by atoms with Crippen molar-refractivity contribution in [3.05, 3.63) is 29.0 Å². The molecule has 0 saturated heterocycles. The molecule has 1 aromatic heterocycles. The van der Waals surface area contributed by atoms with Crippen LogP contribution in [0.3, 0.4) is 0 Å². The predicted molar refractivity (Wildman–Crippen MR) is 58.8 cm³/mol. The molecule has 4 heteroatoms. The Morgan fingerprint density at radius 3 is 2.73 bits per heavy atom. The number of pyridine rings is 1. The van der Waals surface area contributed by atoms with Gasteiger partial charge in [-0.1, -0.05) is 11.6 Å². The highest BCUT2D eigenvalue weighted by molar-refractivity contribution is 6.29. The maximum absolute atomic E-state index is 11.5. The molecule has 82 valence electrons. The lowest BCUT2D eigenvalue weighted by atomic mass is 10.1. The van der Waals surface area contributed by atoms with Crippen LogP contribution < -0.4 is 0 Å². The number of aromatic nitrogens is 1. The Kier molecular flexibility index (Phi) is 3.69. The summed E-state index contributed by atoms with van der Waals surface area (Å²) in [5, 5.41) is 0.385. The van der Waals surface area contributed by atoms with Gasteiger partial charge in [0.15, 0.2) is 0 Å². The smallest absolute Gasteiger partial charge is 0.310 e. The van der Waals surface area contributed by atoms with Gasteiger partial charge in [0.2, 0.25) is 0 Å². The number of halogens is 1. The number of carbonyl (C=O) groups is 1. The van der Waals surface area contributed by atoms with Crippen LogP contribution in [0.25, 0.3) is 0 Å². The first-order chi connectivity index (χ1) is 6.87. The number of hydrogen-bond donors (Lipinski definition) is 0. The highest BCUT2D eigenvalue weighted by atomic mass is 35.5. The maximum Gasteiger partial charge on any atom is 0.310 e. The van der Waals surface area contributed by atoms with E-state index in [0.717, 1.165) is 5.56 Å². The second kappa shape index (κ2) is 4.62. The van der Waals surface area contributed by atoms with E-state index in [1.54, 1.807) is 18.3 Å². The molecule has 0 N–H and O–H groups in total. The van der Waals surface area contributed by atoms with E-state index in [9.17, 15) is 4.79 Å². The first kappa shape index (κ1) is 12.0. The van der Waals surface area contributed by atoms with Gasteiger partial charge in [0.25, 0.3) is 0 Å². The molecule has 0 fully saturated rings. The number of carbonyl (C=O) groups excluding carboxylic acids is 1. The van der Waals surface area contributed by atoms with Crippen LogP contribution in [0.2, 0.25) is 5.15 Å². The maximum atomic E-state index is 11.5. The molecule has 1 aromatic rings. The quantitative estimate of drug-likeness (QED) is 0.576. The second-order valence-corrected chi connectivity index (χ2v) is 4.64. The summed E-state index contributed by atoms with van der Waals surface area (Å²) in [6.45, 7) is 5.51. The fourth-order valence-electron chi connectivity index (χ4n) is 1.10. The molecular formula is C11H14ClNO2. The van der Waals surface area contributed by atoms with Crippen molar-refractivity contribution in [1.82, 2.24) is 4.98 Å². The van der Waals surface area contributed by atoms with Gasteiger partial charge >= 0.3 is 5.97 Å². The van der Waals surface area contributed by atoms with Gasteiger partial charge in [0, 0.05) is 6.20 Å². The van der Waals surface area contributed by atoms with E-state index in [4.69, 9.17) is 16.3 Å². The van der Waals surface area contributed by atoms with Crippen molar-refractivity contribution in [3.63, 3.8) is 0 Å². The van der Waals surface area contributed by atoms with Crippen molar-refractivity contribution in [1.29, 1.82) is 0 Å². The Morgan fingerprint density at radius 2 is 2.20 bits per heavy atom. The third-order valence-corrected chi connectivity index (χ3v) is 1.77. The SMILES string of the molecule is CC(C)(C)OC(=O)Cc1ccnc(Cl)c1. The van der Waals surface area contributed by atoms with Crippen LogP contribution in [-0.2, 0) is 16.0 Å². The molecule has 0 bridgehead atoms. The summed E-state index contributed by atoms with van der Waals surface area (Å²) in [4.78, 5) is 15.3. The molecule has 0 unspecified atom stereocenters. The van der Waals surface area contributed by atoms with Crippen molar-refractivity contribution >= 4 is 17.6 Å². The molecule has 0 aliphatic heterocycles. The largest absolute Gasteiger partial charge is 0.460 e. The Hall–Kier alpha value is -1.09. The summed E-state index contributed by atoms with van der Waals surface area (Å²) in [5.74, 6) is -0.259. The van der Waals surface area contributed by atoms with Gasteiger partial charge in [-0.2, -0.15) is 0 Å². The van der Waals surface area contributed by atoms with Crippen molar-refractivity contribution in [3.8, 4) is 0 Å². The molecule has 15 heavy (non-hydrogen) atoms. The van der Waals surface area contributed by atoms with Crippen molar-refractivity contribution in [2.24, 2.45) is 0 Å². The molecular weight excluding hydrogens is 214 g/mol. The Morgan fingerprint density at radius 1 is 1.53 bits per heavy atom. The minimum Gasteiger partial charge on any atom is -0.460 e. The van der Waals surface area contributed by atoms with Crippen LogP contribution in [0.5, 0.6) is 0 Å². The summed E-state index contributed by atoms with van der Waals surface area (Å²) in [6, 6.07) is 3.40. The van der Waals surface area contributed by atoms with E-state index in [2.05, 4.69) is 4.98 Å². The fourth-order valence-corrected chi connectivity index (χ4v) is 1.29. The van der Waals surface area contributed by atoms with Crippen molar-refractivity contribution in [2.75, 3.05) is 0 Å². The van der Waals surface area contributed by atoms with E-state index in [-0.39, 0.29) is 12.4 Å². The highest BCUT2D eigenvalue weighted by Crippen LogP contribution is 2.11. The molecule has 1 rings (SSSR count). The van der Waals surface area contributed by atoms with Gasteiger partial charge < -0.3 is 4.74 Å². The normalized spacial score (nSPS) is 11.2. The van der Waals surface area contributed by atoms with Crippen LogP contribution in [0.4, 0.5) is 0 Å². The molecule has 0 amide bonds. The standard InChI is InChI=1S/C11H14ClNO2/c1-11(2,3)15-10(14)7-8-4-5-13-9(12)6-8/h4-6H,7H2,1-3H3. The summed E-state index contributed by atoms with van der Waals surface area (Å²) >= 11 is 5.70. The molecule has 0 aliphatic carbocycles. The van der Waals surface area contributed by atoms with E-state index < -0.39 is 5.60 Å². The number of nitrogens with zero attached hydrogens (tertiary/aromatic N) is 1. The van der Waals surface area contributed by atoms with Crippen LogP contribution in [0, 0.1) is 0 Å². The van der Waals surface area contributed by atoms with Gasteiger partial charge in [0.1, 0.15) is 10.8 Å². The summed E-state index contributed by atoms with van der Waals surface area (Å²) in [6.07, 6.45) is 1.79. The monoisotopic (exact) mass is 227 g/mol.